The first kappa shape index (κ1) is 15.9. The van der Waals surface area contributed by atoms with Gasteiger partial charge in [0.2, 0.25) is 0 Å². The summed E-state index contributed by atoms with van der Waals surface area (Å²) >= 11 is 11.8. The molecule has 0 spiro atoms. The van der Waals surface area contributed by atoms with Crippen LogP contribution in [0.4, 0.5) is 10.1 Å². The molecule has 2 aromatic rings. The molecule has 0 aromatic heterocycles. The Morgan fingerprint density at radius 1 is 1.10 bits per heavy atom. The van der Waals surface area contributed by atoms with E-state index in [1.54, 1.807) is 18.2 Å². The highest BCUT2D eigenvalue weighted by Crippen LogP contribution is 2.28. The number of halogens is 3. The van der Waals surface area contributed by atoms with Crippen molar-refractivity contribution < 1.29 is 9.13 Å². The molecule has 0 heterocycles. The van der Waals surface area contributed by atoms with Gasteiger partial charge in [-0.3, -0.25) is 0 Å². The molecule has 0 atom stereocenters. The summed E-state index contributed by atoms with van der Waals surface area (Å²) < 4.78 is 18.9. The lowest BCUT2D eigenvalue weighted by atomic mass is 10.2. The van der Waals surface area contributed by atoms with Gasteiger partial charge in [0, 0.05) is 12.2 Å². The van der Waals surface area contributed by atoms with Crippen LogP contribution < -0.4 is 10.1 Å². The molecule has 2 rings (SSSR count). The van der Waals surface area contributed by atoms with E-state index in [2.05, 4.69) is 5.32 Å². The normalized spacial score (nSPS) is 10.8. The minimum Gasteiger partial charge on any atom is -0.489 e. The van der Waals surface area contributed by atoms with Crippen LogP contribution in [0.5, 0.6) is 5.75 Å². The van der Waals surface area contributed by atoms with Crippen LogP contribution in [0, 0.1) is 5.82 Å². The quantitative estimate of drug-likeness (QED) is 0.779. The van der Waals surface area contributed by atoms with E-state index in [1.807, 2.05) is 26.0 Å². The van der Waals surface area contributed by atoms with Gasteiger partial charge in [-0.05, 0) is 49.7 Å². The van der Waals surface area contributed by atoms with E-state index in [4.69, 9.17) is 27.9 Å². The molecule has 0 saturated carbocycles. The molecule has 0 aliphatic carbocycles. The third kappa shape index (κ3) is 4.51. The van der Waals surface area contributed by atoms with Gasteiger partial charge in [-0.25, -0.2) is 4.39 Å². The SMILES string of the molecule is CC(C)Oc1ccc(NCc2ccc(Cl)c(F)c2)cc1Cl. The van der Waals surface area contributed by atoms with Crippen LogP contribution in [-0.2, 0) is 6.54 Å². The lowest BCUT2D eigenvalue weighted by Gasteiger charge is -2.13. The Balaban J connectivity index is 2.03. The van der Waals surface area contributed by atoms with Crippen LogP contribution in [0.2, 0.25) is 10.0 Å². The number of hydrogen-bond donors (Lipinski definition) is 1. The molecule has 0 bridgehead atoms. The van der Waals surface area contributed by atoms with E-state index < -0.39 is 5.82 Å². The van der Waals surface area contributed by atoms with E-state index in [-0.39, 0.29) is 11.1 Å². The molecule has 0 aliphatic rings. The fourth-order valence-electron chi connectivity index (χ4n) is 1.81. The van der Waals surface area contributed by atoms with E-state index >= 15 is 0 Å². The van der Waals surface area contributed by atoms with Crippen LogP contribution in [0.25, 0.3) is 0 Å². The van der Waals surface area contributed by atoms with Gasteiger partial charge in [0.15, 0.2) is 0 Å². The summed E-state index contributed by atoms with van der Waals surface area (Å²) in [5.74, 6) is 0.226. The molecule has 5 heteroatoms. The zero-order valence-electron chi connectivity index (χ0n) is 11.8. The maximum atomic E-state index is 13.3. The predicted octanol–water partition coefficient (Wildman–Crippen LogP) is 5.53. The van der Waals surface area contributed by atoms with Crippen molar-refractivity contribution in [3.05, 3.63) is 57.8 Å². The number of nitrogens with one attached hydrogen (secondary N) is 1. The van der Waals surface area contributed by atoms with Crippen LogP contribution in [0.15, 0.2) is 36.4 Å². The second-order valence-corrected chi connectivity index (χ2v) is 5.73. The molecule has 21 heavy (non-hydrogen) atoms. The molecule has 0 radical (unpaired) electrons. The monoisotopic (exact) mass is 327 g/mol. The highest BCUT2D eigenvalue weighted by molar-refractivity contribution is 6.32. The maximum Gasteiger partial charge on any atom is 0.142 e. The summed E-state index contributed by atoms with van der Waals surface area (Å²) in [4.78, 5) is 0. The van der Waals surface area contributed by atoms with Gasteiger partial charge >= 0.3 is 0 Å². The first-order chi connectivity index (χ1) is 9.95. The molecule has 0 amide bonds. The fraction of sp³-hybridized carbons (Fsp3) is 0.250. The van der Waals surface area contributed by atoms with Gasteiger partial charge in [0.1, 0.15) is 11.6 Å². The van der Waals surface area contributed by atoms with Gasteiger partial charge in [-0.2, -0.15) is 0 Å². The molecule has 112 valence electrons. The van der Waals surface area contributed by atoms with Gasteiger partial charge in [0.25, 0.3) is 0 Å². The largest absolute Gasteiger partial charge is 0.489 e. The lowest BCUT2D eigenvalue weighted by molar-refractivity contribution is 0.242. The Morgan fingerprint density at radius 2 is 1.86 bits per heavy atom. The summed E-state index contributed by atoms with van der Waals surface area (Å²) in [6, 6.07) is 10.2. The fourth-order valence-corrected chi connectivity index (χ4v) is 2.16. The first-order valence-electron chi connectivity index (χ1n) is 6.59. The molecule has 2 nitrogen and oxygen atoms in total. The van der Waals surface area contributed by atoms with Crippen molar-refractivity contribution in [2.45, 2.75) is 26.5 Å². The van der Waals surface area contributed by atoms with Crippen molar-refractivity contribution in [3.8, 4) is 5.75 Å². The van der Waals surface area contributed by atoms with Crippen LogP contribution >= 0.6 is 23.2 Å². The van der Waals surface area contributed by atoms with E-state index in [0.717, 1.165) is 11.3 Å². The number of rotatable bonds is 5. The van der Waals surface area contributed by atoms with Gasteiger partial charge in [-0.1, -0.05) is 29.3 Å². The number of benzene rings is 2. The highest BCUT2D eigenvalue weighted by Gasteiger charge is 2.06. The Morgan fingerprint density at radius 3 is 2.48 bits per heavy atom. The second-order valence-electron chi connectivity index (χ2n) is 4.91. The molecule has 0 unspecified atom stereocenters. The molecular formula is C16H16Cl2FNO. The molecule has 0 saturated heterocycles. The van der Waals surface area contributed by atoms with Crippen molar-refractivity contribution in [1.29, 1.82) is 0 Å². The zero-order chi connectivity index (χ0) is 15.4. The van der Waals surface area contributed by atoms with Crippen LogP contribution in [-0.4, -0.2) is 6.10 Å². The first-order valence-corrected chi connectivity index (χ1v) is 7.35. The molecule has 0 aliphatic heterocycles. The van der Waals surface area contributed by atoms with Gasteiger partial charge < -0.3 is 10.1 Å². The van der Waals surface area contributed by atoms with Crippen LogP contribution in [0.1, 0.15) is 19.4 Å². The Bertz CT molecular complexity index is 632. The minimum atomic E-state index is -0.422. The van der Waals surface area contributed by atoms with E-state index in [0.29, 0.717) is 17.3 Å². The molecule has 2 aromatic carbocycles. The highest BCUT2D eigenvalue weighted by atomic mass is 35.5. The Kier molecular flexibility index (Phi) is 5.32. The predicted molar refractivity (Wildman–Crippen MR) is 86.0 cm³/mol. The summed E-state index contributed by atoms with van der Waals surface area (Å²) in [5.41, 5.74) is 1.64. The van der Waals surface area contributed by atoms with Crippen molar-refractivity contribution in [2.75, 3.05) is 5.32 Å². The topological polar surface area (TPSA) is 21.3 Å². The Labute approximate surface area is 133 Å². The molecule has 1 N–H and O–H groups in total. The zero-order valence-corrected chi connectivity index (χ0v) is 13.3. The maximum absolute atomic E-state index is 13.3. The van der Waals surface area contributed by atoms with Crippen molar-refractivity contribution in [2.24, 2.45) is 0 Å². The smallest absolute Gasteiger partial charge is 0.142 e. The third-order valence-electron chi connectivity index (χ3n) is 2.78. The standard InChI is InChI=1S/C16H16Cl2FNO/c1-10(2)21-16-6-4-12(8-14(16)18)20-9-11-3-5-13(17)15(19)7-11/h3-8,10,20H,9H2,1-2H3. The summed E-state index contributed by atoms with van der Waals surface area (Å²) in [7, 11) is 0. The number of anilines is 1. The van der Waals surface area contributed by atoms with Crippen molar-refractivity contribution in [1.82, 2.24) is 0 Å². The molecular weight excluding hydrogens is 312 g/mol. The Hall–Kier alpha value is -1.45. The van der Waals surface area contributed by atoms with E-state index in [1.165, 1.54) is 6.07 Å². The summed E-state index contributed by atoms with van der Waals surface area (Å²) in [6.45, 7) is 4.37. The molecule has 0 fully saturated rings. The minimum absolute atomic E-state index is 0.0679. The third-order valence-corrected chi connectivity index (χ3v) is 3.38. The van der Waals surface area contributed by atoms with E-state index in [9.17, 15) is 4.39 Å². The summed E-state index contributed by atoms with van der Waals surface area (Å²) in [6.07, 6.45) is 0.0679. The average Bonchev–Trinajstić information content (AvgIpc) is 2.42. The summed E-state index contributed by atoms with van der Waals surface area (Å²) in [5, 5.41) is 3.84. The second kappa shape index (κ2) is 7.01. The van der Waals surface area contributed by atoms with Crippen molar-refractivity contribution >= 4 is 28.9 Å². The number of hydrogen-bond acceptors (Lipinski definition) is 2. The number of ether oxygens (including phenoxy) is 1. The average molecular weight is 328 g/mol. The lowest BCUT2D eigenvalue weighted by Crippen LogP contribution is -2.06. The van der Waals surface area contributed by atoms with Gasteiger partial charge in [-0.15, -0.1) is 0 Å². The van der Waals surface area contributed by atoms with Crippen LogP contribution in [0.3, 0.4) is 0 Å². The van der Waals surface area contributed by atoms with Gasteiger partial charge in [0.05, 0.1) is 16.1 Å². The van der Waals surface area contributed by atoms with Crippen molar-refractivity contribution in [3.63, 3.8) is 0 Å².